The molecular formula is C28H48O7. The van der Waals surface area contributed by atoms with Crippen LogP contribution in [0, 0.1) is 0 Å². The van der Waals surface area contributed by atoms with Gasteiger partial charge in [0.2, 0.25) is 17.2 Å². The van der Waals surface area contributed by atoms with Crippen molar-refractivity contribution < 1.29 is 34.0 Å². The fourth-order valence-corrected chi connectivity index (χ4v) is 3.66. The second-order valence-corrected chi connectivity index (χ2v) is 8.92. The standard InChI is InChI=1S/C28H48O7/c1-5-9-13-17-21-33-25-23(29)22(28(30)31)24(32-18-14-10-6-2)26(34-19-15-11-7-3)27(25)35-20-16-12-8-4/h29H,5-21H2,1-4H3,(H,30,31). The molecule has 0 aromatic heterocycles. The summed E-state index contributed by atoms with van der Waals surface area (Å²) in [6.07, 6.45) is 12.4. The summed E-state index contributed by atoms with van der Waals surface area (Å²) in [6, 6.07) is 0. The number of hydrogen-bond donors (Lipinski definition) is 2. The molecule has 0 amide bonds. The Labute approximate surface area is 212 Å². The van der Waals surface area contributed by atoms with Crippen LogP contribution in [0.4, 0.5) is 0 Å². The minimum atomic E-state index is -1.29. The molecule has 2 N–H and O–H groups in total. The maximum atomic E-state index is 12.2. The van der Waals surface area contributed by atoms with E-state index in [9.17, 15) is 15.0 Å². The molecule has 0 aliphatic heterocycles. The summed E-state index contributed by atoms with van der Waals surface area (Å²) in [5, 5.41) is 21.0. The van der Waals surface area contributed by atoms with Gasteiger partial charge in [-0.05, 0) is 25.7 Å². The van der Waals surface area contributed by atoms with E-state index >= 15 is 0 Å². The highest BCUT2D eigenvalue weighted by atomic mass is 16.6. The van der Waals surface area contributed by atoms with Crippen molar-refractivity contribution in [2.24, 2.45) is 0 Å². The summed E-state index contributed by atoms with van der Waals surface area (Å²) in [5.41, 5.74) is -0.337. The van der Waals surface area contributed by atoms with Gasteiger partial charge in [-0.15, -0.1) is 0 Å². The number of carbonyl (C=O) groups is 1. The van der Waals surface area contributed by atoms with E-state index in [0.717, 1.165) is 83.5 Å². The van der Waals surface area contributed by atoms with Crippen LogP contribution in [0.15, 0.2) is 0 Å². The Morgan fingerprint density at radius 1 is 0.543 bits per heavy atom. The van der Waals surface area contributed by atoms with E-state index in [1.54, 1.807) is 0 Å². The maximum Gasteiger partial charge on any atom is 0.343 e. The molecule has 0 saturated carbocycles. The van der Waals surface area contributed by atoms with Crippen molar-refractivity contribution >= 4 is 5.97 Å². The molecule has 0 unspecified atom stereocenters. The molecule has 7 nitrogen and oxygen atoms in total. The lowest BCUT2D eigenvalue weighted by molar-refractivity contribution is 0.0685. The molecule has 35 heavy (non-hydrogen) atoms. The number of unbranched alkanes of at least 4 members (excludes halogenated alkanes) is 9. The first kappa shape index (κ1) is 30.7. The van der Waals surface area contributed by atoms with Crippen LogP contribution in [-0.4, -0.2) is 42.6 Å². The molecule has 1 aromatic rings. The van der Waals surface area contributed by atoms with E-state index in [1.807, 2.05) is 0 Å². The SMILES string of the molecule is CCCCCCOc1c(O)c(C(=O)O)c(OCCCCC)c(OCCCCC)c1OCCCCC. The number of ether oxygens (including phenoxy) is 4. The normalized spacial score (nSPS) is 10.9. The van der Waals surface area contributed by atoms with Crippen LogP contribution in [0.2, 0.25) is 0 Å². The Balaban J connectivity index is 3.45. The van der Waals surface area contributed by atoms with Crippen LogP contribution in [0.3, 0.4) is 0 Å². The number of rotatable bonds is 22. The van der Waals surface area contributed by atoms with Crippen LogP contribution in [0.5, 0.6) is 28.7 Å². The van der Waals surface area contributed by atoms with Crippen LogP contribution in [-0.2, 0) is 0 Å². The van der Waals surface area contributed by atoms with E-state index < -0.39 is 11.7 Å². The lowest BCUT2D eigenvalue weighted by atomic mass is 10.1. The van der Waals surface area contributed by atoms with Gasteiger partial charge in [0, 0.05) is 0 Å². The molecule has 0 spiro atoms. The summed E-state index contributed by atoms with van der Waals surface area (Å²) >= 11 is 0. The minimum Gasteiger partial charge on any atom is -0.503 e. The quantitative estimate of drug-likeness (QED) is 0.158. The lowest BCUT2D eigenvalue weighted by Gasteiger charge is -2.23. The number of benzene rings is 1. The second-order valence-electron chi connectivity index (χ2n) is 8.92. The number of carboxylic acids is 1. The van der Waals surface area contributed by atoms with E-state index in [4.69, 9.17) is 18.9 Å². The van der Waals surface area contributed by atoms with Crippen molar-refractivity contribution in [1.82, 2.24) is 0 Å². The molecule has 0 radical (unpaired) electrons. The van der Waals surface area contributed by atoms with Crippen LogP contribution >= 0.6 is 0 Å². The van der Waals surface area contributed by atoms with Crippen LogP contribution in [0.1, 0.15) is 122 Å². The van der Waals surface area contributed by atoms with Gasteiger partial charge < -0.3 is 29.2 Å². The smallest absolute Gasteiger partial charge is 0.343 e. The van der Waals surface area contributed by atoms with Gasteiger partial charge in [0.15, 0.2) is 17.1 Å². The van der Waals surface area contributed by atoms with Gasteiger partial charge in [0.25, 0.3) is 0 Å². The zero-order valence-corrected chi connectivity index (χ0v) is 22.5. The molecule has 202 valence electrons. The summed E-state index contributed by atoms with van der Waals surface area (Å²) in [4.78, 5) is 12.2. The van der Waals surface area contributed by atoms with Crippen molar-refractivity contribution in [3.05, 3.63) is 5.56 Å². The van der Waals surface area contributed by atoms with Crippen molar-refractivity contribution in [2.75, 3.05) is 26.4 Å². The Morgan fingerprint density at radius 3 is 1.31 bits per heavy atom. The first-order chi connectivity index (χ1) is 17.0. The summed E-state index contributed by atoms with van der Waals surface area (Å²) in [7, 11) is 0. The maximum absolute atomic E-state index is 12.2. The highest BCUT2D eigenvalue weighted by Gasteiger charge is 2.32. The zero-order chi connectivity index (χ0) is 25.9. The van der Waals surface area contributed by atoms with Gasteiger partial charge in [-0.2, -0.15) is 0 Å². The topological polar surface area (TPSA) is 94.5 Å². The lowest BCUT2D eigenvalue weighted by Crippen LogP contribution is -2.12. The third-order valence-corrected chi connectivity index (χ3v) is 5.74. The molecule has 0 aliphatic rings. The third-order valence-electron chi connectivity index (χ3n) is 5.74. The zero-order valence-electron chi connectivity index (χ0n) is 22.5. The Morgan fingerprint density at radius 2 is 0.886 bits per heavy atom. The monoisotopic (exact) mass is 496 g/mol. The van der Waals surface area contributed by atoms with Crippen molar-refractivity contribution in [3.63, 3.8) is 0 Å². The highest BCUT2D eigenvalue weighted by molar-refractivity contribution is 5.97. The first-order valence-electron chi connectivity index (χ1n) is 13.7. The third kappa shape index (κ3) is 10.9. The number of carboxylic acid groups (broad SMARTS) is 1. The van der Waals surface area contributed by atoms with E-state index in [0.29, 0.717) is 26.4 Å². The molecule has 1 aromatic carbocycles. The van der Waals surface area contributed by atoms with Gasteiger partial charge in [-0.1, -0.05) is 85.5 Å². The predicted octanol–water partition coefficient (Wildman–Crippen LogP) is 7.76. The number of aromatic hydroxyl groups is 1. The molecule has 0 fully saturated rings. The van der Waals surface area contributed by atoms with Gasteiger partial charge in [0.1, 0.15) is 0 Å². The fraction of sp³-hybridized carbons (Fsp3) is 0.750. The molecule has 0 saturated heterocycles. The molecule has 7 heteroatoms. The van der Waals surface area contributed by atoms with Crippen LogP contribution < -0.4 is 18.9 Å². The molecular weight excluding hydrogens is 448 g/mol. The summed E-state index contributed by atoms with van der Waals surface area (Å²) in [6.45, 7) is 9.92. The minimum absolute atomic E-state index is 0.0198. The first-order valence-corrected chi connectivity index (χ1v) is 13.7. The number of aromatic carboxylic acids is 1. The summed E-state index contributed by atoms with van der Waals surface area (Å²) < 4.78 is 24.1. The average Bonchev–Trinajstić information content (AvgIpc) is 2.84. The molecule has 0 atom stereocenters. The van der Waals surface area contributed by atoms with E-state index in [-0.39, 0.29) is 28.6 Å². The van der Waals surface area contributed by atoms with E-state index in [2.05, 4.69) is 27.7 Å². The van der Waals surface area contributed by atoms with Crippen molar-refractivity contribution in [1.29, 1.82) is 0 Å². The summed E-state index contributed by atoms with van der Waals surface area (Å²) in [5.74, 6) is -1.26. The van der Waals surface area contributed by atoms with Gasteiger partial charge >= 0.3 is 5.97 Å². The van der Waals surface area contributed by atoms with Crippen molar-refractivity contribution in [2.45, 2.75) is 111 Å². The van der Waals surface area contributed by atoms with Crippen LogP contribution in [0.25, 0.3) is 0 Å². The fourth-order valence-electron chi connectivity index (χ4n) is 3.66. The van der Waals surface area contributed by atoms with Gasteiger partial charge in [-0.25, -0.2) is 4.79 Å². The number of hydrogen-bond acceptors (Lipinski definition) is 6. The Bertz CT molecular complexity index is 718. The van der Waals surface area contributed by atoms with E-state index in [1.165, 1.54) is 0 Å². The largest absolute Gasteiger partial charge is 0.503 e. The van der Waals surface area contributed by atoms with Gasteiger partial charge in [0.05, 0.1) is 26.4 Å². The Kier molecular flexibility index (Phi) is 16.6. The van der Waals surface area contributed by atoms with Crippen molar-refractivity contribution in [3.8, 4) is 28.7 Å². The molecule has 0 bridgehead atoms. The predicted molar refractivity (Wildman–Crippen MR) is 140 cm³/mol. The second kappa shape index (κ2) is 18.9. The Hall–Kier alpha value is -2.31. The van der Waals surface area contributed by atoms with Gasteiger partial charge in [-0.3, -0.25) is 0 Å². The number of phenols is 1. The highest BCUT2D eigenvalue weighted by Crippen LogP contribution is 2.53. The molecule has 0 aliphatic carbocycles. The molecule has 0 heterocycles. The average molecular weight is 497 g/mol. The molecule has 1 rings (SSSR count).